The topological polar surface area (TPSA) is 211 Å². The van der Waals surface area contributed by atoms with Crippen LogP contribution in [0.15, 0.2) is 0 Å². The molecule has 0 aromatic heterocycles. The van der Waals surface area contributed by atoms with Crippen molar-refractivity contribution in [3.8, 4) is 0 Å². The molecule has 0 radical (unpaired) electrons. The predicted octanol–water partition coefficient (Wildman–Crippen LogP) is -5.82. The van der Waals surface area contributed by atoms with Crippen LogP contribution in [0.5, 0.6) is 0 Å². The second-order valence-electron chi connectivity index (χ2n) is 5.02. The van der Waals surface area contributed by atoms with Gasteiger partial charge in [-0.2, -0.15) is 0 Å². The molecule has 12 nitrogen and oxygen atoms in total. The van der Waals surface area contributed by atoms with E-state index in [1.807, 2.05) is 0 Å². The minimum absolute atomic E-state index is 0.925. The fourth-order valence-corrected chi connectivity index (χ4v) is 1.87. The van der Waals surface area contributed by atoms with E-state index >= 15 is 0 Å². The van der Waals surface area contributed by atoms with Gasteiger partial charge in [-0.3, -0.25) is 4.79 Å². The van der Waals surface area contributed by atoms with E-state index in [0.717, 1.165) is 0 Å². The summed E-state index contributed by atoms with van der Waals surface area (Å²) in [4.78, 5) is 34.4. The molecular formula is C12H18O12. The number of esters is 2. The third kappa shape index (κ3) is 4.24. The summed E-state index contributed by atoms with van der Waals surface area (Å²) >= 11 is 0. The molecule has 0 spiro atoms. The molecule has 1 aliphatic rings. The second kappa shape index (κ2) is 8.43. The van der Waals surface area contributed by atoms with Gasteiger partial charge in [0, 0.05) is 0 Å². The van der Waals surface area contributed by atoms with Crippen molar-refractivity contribution in [2.24, 2.45) is 0 Å². The van der Waals surface area contributed by atoms with Crippen LogP contribution in [0.2, 0.25) is 0 Å². The molecule has 1 heterocycles. The molecule has 12 heteroatoms. The Kier molecular flexibility index (Phi) is 7.16. The summed E-state index contributed by atoms with van der Waals surface area (Å²) in [5.41, 5.74) is 0. The maximum Gasteiger partial charge on any atom is 0.379 e. The fourth-order valence-electron chi connectivity index (χ4n) is 1.87. The van der Waals surface area contributed by atoms with Crippen molar-refractivity contribution >= 4 is 17.7 Å². The van der Waals surface area contributed by atoms with E-state index in [0.29, 0.717) is 0 Å². The van der Waals surface area contributed by atoms with E-state index in [1.54, 1.807) is 0 Å². The minimum atomic E-state index is -2.45. The van der Waals surface area contributed by atoms with E-state index in [2.05, 4.69) is 9.47 Å². The summed E-state index contributed by atoms with van der Waals surface area (Å²) in [5.74, 6) is -4.46. The van der Waals surface area contributed by atoms with Crippen LogP contribution >= 0.6 is 0 Å². The highest BCUT2D eigenvalue weighted by atomic mass is 16.6. The molecule has 1 fully saturated rings. The molecular weight excluding hydrogens is 336 g/mol. The van der Waals surface area contributed by atoms with E-state index < -0.39 is 73.7 Å². The average molecular weight is 354 g/mol. The molecule has 7 N–H and O–H groups in total. The maximum atomic E-state index is 11.7. The molecule has 0 aromatic rings. The normalized spacial score (nSPS) is 27.1. The summed E-state index contributed by atoms with van der Waals surface area (Å²) < 4.78 is 8.95. The van der Waals surface area contributed by atoms with Crippen LogP contribution in [-0.2, 0) is 23.9 Å². The number of Topliss-reactive ketones (excluding diaryl/α,β-unsaturated/α-hetero) is 1. The number of carbonyl (C=O) groups excluding carboxylic acids is 3. The Balaban J connectivity index is 2.80. The lowest BCUT2D eigenvalue weighted by Gasteiger charge is -2.26. The van der Waals surface area contributed by atoms with Gasteiger partial charge in [-0.05, 0) is 0 Å². The first kappa shape index (κ1) is 20.4. The lowest BCUT2D eigenvalue weighted by atomic mass is 10.0. The lowest BCUT2D eigenvalue weighted by Crippen LogP contribution is -2.51. The van der Waals surface area contributed by atoms with E-state index in [1.165, 1.54) is 0 Å². The summed E-state index contributed by atoms with van der Waals surface area (Å²) in [5, 5.41) is 64.5. The molecule has 1 saturated heterocycles. The van der Waals surface area contributed by atoms with Crippen molar-refractivity contribution in [3.05, 3.63) is 0 Å². The molecule has 1 unspecified atom stereocenters. The molecule has 0 amide bonds. The highest BCUT2D eigenvalue weighted by molar-refractivity contribution is 6.37. The number of cyclic esters (lactones) is 1. The van der Waals surface area contributed by atoms with Crippen LogP contribution in [0.25, 0.3) is 0 Å². The monoisotopic (exact) mass is 354 g/mol. The van der Waals surface area contributed by atoms with Gasteiger partial charge in [0.05, 0.1) is 13.2 Å². The number of aliphatic hydroxyl groups is 7. The van der Waals surface area contributed by atoms with Crippen LogP contribution in [0, 0.1) is 0 Å². The largest absolute Gasteiger partial charge is 0.449 e. The van der Waals surface area contributed by atoms with Crippen molar-refractivity contribution in [1.29, 1.82) is 0 Å². The van der Waals surface area contributed by atoms with Crippen LogP contribution in [0.4, 0.5) is 0 Å². The lowest BCUT2D eigenvalue weighted by molar-refractivity contribution is -0.181. The first-order valence-corrected chi connectivity index (χ1v) is 6.73. The highest BCUT2D eigenvalue weighted by Gasteiger charge is 2.50. The van der Waals surface area contributed by atoms with Gasteiger partial charge in [0.2, 0.25) is 6.10 Å². The molecule has 0 saturated carbocycles. The van der Waals surface area contributed by atoms with Gasteiger partial charge < -0.3 is 45.2 Å². The number of hydrogen-bond acceptors (Lipinski definition) is 12. The standard InChI is InChI=1S/C12H18O12/c13-1-3(15)5(17)6(18)7(19)11(21)24-10-8(20)12(22)23-9(10)4(16)2-14/h3-7,9-10,13-19H,1-2H2/t3-,4+,5-,6+,7-,9-,10?/m1/s1. The SMILES string of the molecule is O=C1O[C@H]([C@@H](O)CO)C(OC(=O)[C@H](O)[C@@H](O)[C@H](O)[C@H](O)CO)C1=O. The van der Waals surface area contributed by atoms with E-state index in [4.69, 9.17) is 15.3 Å². The van der Waals surface area contributed by atoms with Gasteiger partial charge in [0.1, 0.15) is 24.4 Å². The van der Waals surface area contributed by atoms with Crippen LogP contribution in [0.1, 0.15) is 0 Å². The minimum Gasteiger partial charge on any atom is -0.449 e. The van der Waals surface area contributed by atoms with Gasteiger partial charge in [0.15, 0.2) is 12.2 Å². The quantitative estimate of drug-likeness (QED) is 0.160. The summed E-state index contributed by atoms with van der Waals surface area (Å²) in [6.07, 6.45) is -14.2. The summed E-state index contributed by atoms with van der Waals surface area (Å²) in [6, 6.07) is 0. The average Bonchev–Trinajstić information content (AvgIpc) is 2.86. The summed E-state index contributed by atoms with van der Waals surface area (Å²) in [7, 11) is 0. The Morgan fingerprint density at radius 2 is 1.62 bits per heavy atom. The number of rotatable bonds is 8. The molecule has 1 rings (SSSR count). The van der Waals surface area contributed by atoms with E-state index in [9.17, 15) is 34.8 Å². The molecule has 0 aliphatic carbocycles. The van der Waals surface area contributed by atoms with Crippen LogP contribution in [0.3, 0.4) is 0 Å². The van der Waals surface area contributed by atoms with Gasteiger partial charge in [-0.15, -0.1) is 0 Å². The Hall–Kier alpha value is -1.67. The van der Waals surface area contributed by atoms with Crippen molar-refractivity contribution in [3.63, 3.8) is 0 Å². The van der Waals surface area contributed by atoms with Crippen molar-refractivity contribution in [1.82, 2.24) is 0 Å². The highest BCUT2D eigenvalue weighted by Crippen LogP contribution is 2.20. The molecule has 138 valence electrons. The first-order chi connectivity index (χ1) is 11.1. The van der Waals surface area contributed by atoms with E-state index in [-0.39, 0.29) is 0 Å². The zero-order valence-electron chi connectivity index (χ0n) is 12.1. The Labute approximate surface area is 134 Å². The Morgan fingerprint density at radius 1 is 1.04 bits per heavy atom. The zero-order chi connectivity index (χ0) is 18.6. The fraction of sp³-hybridized carbons (Fsp3) is 0.750. The molecule has 7 atom stereocenters. The molecule has 24 heavy (non-hydrogen) atoms. The number of hydrogen-bond donors (Lipinski definition) is 7. The third-order valence-corrected chi connectivity index (χ3v) is 3.31. The van der Waals surface area contributed by atoms with Crippen molar-refractivity contribution in [2.75, 3.05) is 13.2 Å². The van der Waals surface area contributed by atoms with Crippen LogP contribution < -0.4 is 0 Å². The number of aliphatic hydroxyl groups excluding tert-OH is 7. The van der Waals surface area contributed by atoms with Gasteiger partial charge in [-0.1, -0.05) is 0 Å². The Bertz CT molecular complexity index is 479. The van der Waals surface area contributed by atoms with Crippen LogP contribution in [-0.4, -0.2) is 109 Å². The molecule has 0 bridgehead atoms. The van der Waals surface area contributed by atoms with Gasteiger partial charge in [-0.25, -0.2) is 9.59 Å². The summed E-state index contributed by atoms with van der Waals surface area (Å²) in [6.45, 7) is -1.90. The predicted molar refractivity (Wildman–Crippen MR) is 69.0 cm³/mol. The Morgan fingerprint density at radius 3 is 2.12 bits per heavy atom. The number of ether oxygens (including phenoxy) is 2. The molecule has 0 aromatic carbocycles. The van der Waals surface area contributed by atoms with Gasteiger partial charge in [0.25, 0.3) is 5.78 Å². The number of carbonyl (C=O) groups is 3. The third-order valence-electron chi connectivity index (χ3n) is 3.31. The zero-order valence-corrected chi connectivity index (χ0v) is 12.1. The first-order valence-electron chi connectivity index (χ1n) is 6.73. The smallest absolute Gasteiger partial charge is 0.379 e. The number of ketones is 1. The maximum absolute atomic E-state index is 11.7. The van der Waals surface area contributed by atoms with Gasteiger partial charge >= 0.3 is 11.9 Å². The van der Waals surface area contributed by atoms with Crippen molar-refractivity contribution in [2.45, 2.75) is 42.7 Å². The molecule has 1 aliphatic heterocycles. The van der Waals surface area contributed by atoms with Crippen molar-refractivity contribution < 1.29 is 59.6 Å². The second-order valence-corrected chi connectivity index (χ2v) is 5.02.